The highest BCUT2D eigenvalue weighted by atomic mass is 16.2. The summed E-state index contributed by atoms with van der Waals surface area (Å²) < 4.78 is 1.73. The summed E-state index contributed by atoms with van der Waals surface area (Å²) >= 11 is 0. The maximum atomic E-state index is 12.3. The molecular weight excluding hydrogens is 230 g/mol. The molecular formula is C12H17N5O. The van der Waals surface area contributed by atoms with Gasteiger partial charge in [0.15, 0.2) is 5.82 Å². The Kier molecular flexibility index (Phi) is 3.45. The molecule has 2 rings (SSSR count). The van der Waals surface area contributed by atoms with Crippen LogP contribution in [0.2, 0.25) is 0 Å². The molecule has 0 radical (unpaired) electrons. The van der Waals surface area contributed by atoms with Crippen molar-refractivity contribution in [2.24, 2.45) is 7.05 Å². The molecule has 1 N–H and O–H groups in total. The predicted molar refractivity (Wildman–Crippen MR) is 66.8 cm³/mol. The molecule has 0 unspecified atom stereocenters. The van der Waals surface area contributed by atoms with Crippen molar-refractivity contribution in [2.45, 2.75) is 26.4 Å². The van der Waals surface area contributed by atoms with Gasteiger partial charge in [0.05, 0.1) is 6.20 Å². The first-order chi connectivity index (χ1) is 8.58. The molecule has 0 aromatic carbocycles. The molecule has 0 bridgehead atoms. The number of nitrogens with zero attached hydrogens (tertiary/aromatic N) is 4. The van der Waals surface area contributed by atoms with Crippen LogP contribution in [0.15, 0.2) is 24.8 Å². The van der Waals surface area contributed by atoms with Crippen molar-refractivity contribution in [3.8, 4) is 0 Å². The summed E-state index contributed by atoms with van der Waals surface area (Å²) in [6.07, 6.45) is 6.90. The SMILES string of the molecule is CC(C)N(Cc1cnn(C)c1)C(=O)c1ncc[nH]1. The van der Waals surface area contributed by atoms with Crippen LogP contribution < -0.4 is 0 Å². The monoisotopic (exact) mass is 247 g/mol. The molecule has 2 aromatic heterocycles. The predicted octanol–water partition coefficient (Wildman–Crippen LogP) is 1.19. The Hall–Kier alpha value is -2.11. The summed E-state index contributed by atoms with van der Waals surface area (Å²) in [5.41, 5.74) is 1.01. The fourth-order valence-corrected chi connectivity index (χ4v) is 1.76. The minimum Gasteiger partial charge on any atom is -0.341 e. The third-order valence-corrected chi connectivity index (χ3v) is 2.70. The highest BCUT2D eigenvalue weighted by Gasteiger charge is 2.21. The average molecular weight is 247 g/mol. The van der Waals surface area contributed by atoms with E-state index in [1.165, 1.54) is 0 Å². The van der Waals surface area contributed by atoms with Crippen LogP contribution in [0.1, 0.15) is 30.0 Å². The molecule has 0 atom stereocenters. The second-order valence-corrected chi connectivity index (χ2v) is 4.49. The average Bonchev–Trinajstić information content (AvgIpc) is 2.95. The van der Waals surface area contributed by atoms with Gasteiger partial charge in [-0.15, -0.1) is 0 Å². The zero-order valence-electron chi connectivity index (χ0n) is 10.8. The Morgan fingerprint density at radius 2 is 2.33 bits per heavy atom. The number of nitrogens with one attached hydrogen (secondary N) is 1. The van der Waals surface area contributed by atoms with Crippen molar-refractivity contribution in [3.05, 3.63) is 36.2 Å². The van der Waals surface area contributed by atoms with Crippen molar-refractivity contribution in [3.63, 3.8) is 0 Å². The zero-order chi connectivity index (χ0) is 13.1. The van der Waals surface area contributed by atoms with Crippen LogP contribution in [0.5, 0.6) is 0 Å². The van der Waals surface area contributed by atoms with E-state index in [0.29, 0.717) is 12.4 Å². The molecule has 0 aliphatic rings. The fraction of sp³-hybridized carbons (Fsp3) is 0.417. The molecule has 2 aromatic rings. The number of hydrogen-bond donors (Lipinski definition) is 1. The normalized spacial score (nSPS) is 10.9. The van der Waals surface area contributed by atoms with Gasteiger partial charge in [0.1, 0.15) is 0 Å². The van der Waals surface area contributed by atoms with Crippen molar-refractivity contribution < 1.29 is 4.79 Å². The van der Waals surface area contributed by atoms with Crippen molar-refractivity contribution in [2.75, 3.05) is 0 Å². The van der Waals surface area contributed by atoms with E-state index >= 15 is 0 Å². The zero-order valence-corrected chi connectivity index (χ0v) is 10.8. The van der Waals surface area contributed by atoms with Gasteiger partial charge in [0.2, 0.25) is 0 Å². The molecule has 6 heteroatoms. The maximum absolute atomic E-state index is 12.3. The summed E-state index contributed by atoms with van der Waals surface area (Å²) in [5.74, 6) is 0.270. The van der Waals surface area contributed by atoms with E-state index in [2.05, 4.69) is 15.1 Å². The van der Waals surface area contributed by atoms with Crippen LogP contribution in [0.25, 0.3) is 0 Å². The summed E-state index contributed by atoms with van der Waals surface area (Å²) in [6, 6.07) is 0.0998. The van der Waals surface area contributed by atoms with Crippen LogP contribution in [0, 0.1) is 0 Å². The molecule has 1 amide bonds. The summed E-state index contributed by atoms with van der Waals surface area (Å²) in [7, 11) is 1.86. The Bertz CT molecular complexity index is 514. The van der Waals surface area contributed by atoms with Crippen molar-refractivity contribution in [1.29, 1.82) is 0 Å². The summed E-state index contributed by atoms with van der Waals surface area (Å²) in [4.78, 5) is 20.9. The quantitative estimate of drug-likeness (QED) is 0.882. The number of aromatic nitrogens is 4. The number of carbonyl (C=O) groups is 1. The first-order valence-electron chi connectivity index (χ1n) is 5.86. The lowest BCUT2D eigenvalue weighted by Crippen LogP contribution is -2.36. The number of carbonyl (C=O) groups excluding carboxylic acids is 1. The van der Waals surface area contributed by atoms with Gasteiger partial charge in [0, 0.05) is 43.8 Å². The van der Waals surface area contributed by atoms with E-state index in [9.17, 15) is 4.79 Å². The number of aryl methyl sites for hydroxylation is 1. The van der Waals surface area contributed by atoms with E-state index < -0.39 is 0 Å². The maximum Gasteiger partial charge on any atom is 0.290 e. The topological polar surface area (TPSA) is 66.8 Å². The molecule has 96 valence electrons. The number of rotatable bonds is 4. The molecule has 0 spiro atoms. The van der Waals surface area contributed by atoms with Crippen molar-refractivity contribution >= 4 is 5.91 Å². The smallest absolute Gasteiger partial charge is 0.290 e. The van der Waals surface area contributed by atoms with Gasteiger partial charge in [-0.1, -0.05) is 0 Å². The van der Waals surface area contributed by atoms with Gasteiger partial charge in [-0.05, 0) is 13.8 Å². The molecule has 18 heavy (non-hydrogen) atoms. The van der Waals surface area contributed by atoms with E-state index in [0.717, 1.165) is 5.56 Å². The summed E-state index contributed by atoms with van der Waals surface area (Å²) in [6.45, 7) is 4.50. The van der Waals surface area contributed by atoms with Crippen LogP contribution in [0.3, 0.4) is 0 Å². The second-order valence-electron chi connectivity index (χ2n) is 4.49. The van der Waals surface area contributed by atoms with Gasteiger partial charge >= 0.3 is 0 Å². The van der Waals surface area contributed by atoms with E-state index in [4.69, 9.17) is 0 Å². The lowest BCUT2D eigenvalue weighted by molar-refractivity contribution is 0.0679. The number of imidazole rings is 1. The van der Waals surface area contributed by atoms with E-state index in [1.54, 1.807) is 28.2 Å². The van der Waals surface area contributed by atoms with Crippen molar-refractivity contribution in [1.82, 2.24) is 24.6 Å². The lowest BCUT2D eigenvalue weighted by atomic mass is 10.2. The largest absolute Gasteiger partial charge is 0.341 e. The number of hydrogen-bond acceptors (Lipinski definition) is 3. The van der Waals surface area contributed by atoms with Gasteiger partial charge < -0.3 is 9.88 Å². The van der Waals surface area contributed by atoms with Crippen LogP contribution in [-0.2, 0) is 13.6 Å². The van der Waals surface area contributed by atoms with Gasteiger partial charge in [-0.2, -0.15) is 5.10 Å². The third-order valence-electron chi connectivity index (χ3n) is 2.70. The molecule has 0 aliphatic carbocycles. The second kappa shape index (κ2) is 5.03. The first-order valence-corrected chi connectivity index (χ1v) is 5.86. The lowest BCUT2D eigenvalue weighted by Gasteiger charge is -2.25. The van der Waals surface area contributed by atoms with Crippen LogP contribution >= 0.6 is 0 Å². The molecule has 0 fully saturated rings. The highest BCUT2D eigenvalue weighted by Crippen LogP contribution is 2.10. The minimum absolute atomic E-state index is 0.0983. The van der Waals surface area contributed by atoms with Gasteiger partial charge in [-0.3, -0.25) is 9.48 Å². The van der Waals surface area contributed by atoms with Gasteiger partial charge in [-0.25, -0.2) is 4.98 Å². The molecule has 0 aliphatic heterocycles. The fourth-order valence-electron chi connectivity index (χ4n) is 1.76. The Balaban J connectivity index is 2.16. The standard InChI is InChI=1S/C12H17N5O/c1-9(2)17(8-10-6-15-16(3)7-10)12(18)11-13-4-5-14-11/h4-7,9H,8H2,1-3H3,(H,13,14). The molecule has 6 nitrogen and oxygen atoms in total. The van der Waals surface area contributed by atoms with Crippen LogP contribution in [-0.4, -0.2) is 36.6 Å². The van der Waals surface area contributed by atoms with E-state index in [1.807, 2.05) is 27.1 Å². The third kappa shape index (κ3) is 2.58. The molecule has 2 heterocycles. The Morgan fingerprint density at radius 3 is 2.83 bits per heavy atom. The summed E-state index contributed by atoms with van der Waals surface area (Å²) in [5, 5.41) is 4.11. The first kappa shape index (κ1) is 12.3. The van der Waals surface area contributed by atoms with Crippen LogP contribution in [0.4, 0.5) is 0 Å². The Morgan fingerprint density at radius 1 is 1.56 bits per heavy atom. The molecule has 0 saturated carbocycles. The molecule has 0 saturated heterocycles. The highest BCUT2D eigenvalue weighted by molar-refractivity contribution is 5.90. The minimum atomic E-state index is -0.0983. The van der Waals surface area contributed by atoms with Gasteiger partial charge in [0.25, 0.3) is 5.91 Å². The number of H-pyrrole nitrogens is 1. The number of aromatic amines is 1. The van der Waals surface area contributed by atoms with E-state index in [-0.39, 0.29) is 11.9 Å². The Labute approximate surface area is 106 Å². The number of amides is 1.